The molecule has 2 aliphatic rings. The summed E-state index contributed by atoms with van der Waals surface area (Å²) in [5.74, 6) is -3.31. The topological polar surface area (TPSA) is 181 Å². The first-order valence-corrected chi connectivity index (χ1v) is 16.9. The van der Waals surface area contributed by atoms with E-state index in [9.17, 15) is 19.2 Å². The van der Waals surface area contributed by atoms with E-state index in [0.717, 1.165) is 0 Å². The third kappa shape index (κ3) is 6.96. The fourth-order valence-corrected chi connectivity index (χ4v) is 6.51. The second kappa shape index (κ2) is 13.8. The Morgan fingerprint density at radius 1 is 1.08 bits per heavy atom. The van der Waals surface area contributed by atoms with Gasteiger partial charge in [-0.3, -0.25) is 29.3 Å². The highest BCUT2D eigenvalue weighted by Gasteiger charge is 2.45. The minimum Gasteiger partial charge on any atom is -0.478 e. The van der Waals surface area contributed by atoms with Crippen LogP contribution in [0.15, 0.2) is 53.5 Å². The number of carbonyl (C=O) groups excluding carboxylic acids is 3. The summed E-state index contributed by atoms with van der Waals surface area (Å²) in [6.45, 7) is -0.578. The minimum absolute atomic E-state index is 0.00318. The summed E-state index contributed by atoms with van der Waals surface area (Å²) in [7, 11) is 4.74. The molecule has 1 unspecified atom stereocenters. The summed E-state index contributed by atoms with van der Waals surface area (Å²) in [5.41, 5.74) is 1.82. The van der Waals surface area contributed by atoms with Gasteiger partial charge in [0, 0.05) is 62.8 Å². The van der Waals surface area contributed by atoms with Crippen LogP contribution in [0.1, 0.15) is 12.8 Å². The summed E-state index contributed by atoms with van der Waals surface area (Å²) in [5, 5.41) is 16.7. The second-order valence-electron chi connectivity index (χ2n) is 12.7. The number of carbonyl (C=O) groups is 3. The van der Waals surface area contributed by atoms with E-state index in [2.05, 4.69) is 36.3 Å². The van der Waals surface area contributed by atoms with Gasteiger partial charge in [0.05, 0.1) is 29.8 Å². The Labute approximate surface area is 305 Å². The van der Waals surface area contributed by atoms with Gasteiger partial charge < -0.3 is 30.2 Å². The van der Waals surface area contributed by atoms with E-state index in [1.54, 1.807) is 55.2 Å². The standard InChI is InChI=1S/C34H34ClF2N11O5/c1-38-28(50)16-53-25-13-18-12-19(5-7-23(18)45(2)31(25)51)41-29-22(35)15-39-32(43-29)47-10-8-26(34(36,37)17-47)40-20-4-6-21-24(14-20)46(3)44-30(21)48-11-9-27(49)42-33(48)52/h4-7,12-15,26,40H,8-11,16-17H2,1-3H3,(H,38,50)(H,39,41,43)(H,42,49,52). The molecule has 4 N–H and O–H groups in total. The molecule has 0 aliphatic carbocycles. The number of benzene rings is 2. The van der Waals surface area contributed by atoms with Crippen LogP contribution in [-0.2, 0) is 23.7 Å². The maximum Gasteiger partial charge on any atom is 0.329 e. The molecule has 3 aromatic heterocycles. The van der Waals surface area contributed by atoms with Gasteiger partial charge in [0.2, 0.25) is 11.9 Å². The van der Waals surface area contributed by atoms with Crippen molar-refractivity contribution in [1.82, 2.24) is 34.9 Å². The van der Waals surface area contributed by atoms with Crippen molar-refractivity contribution in [2.45, 2.75) is 24.8 Å². The van der Waals surface area contributed by atoms with Crippen molar-refractivity contribution in [3.63, 3.8) is 0 Å². The summed E-state index contributed by atoms with van der Waals surface area (Å²) in [4.78, 5) is 59.9. The molecule has 2 aliphatic heterocycles. The molecular formula is C34H34ClF2N11O5. The molecule has 53 heavy (non-hydrogen) atoms. The number of amides is 4. The van der Waals surface area contributed by atoms with Crippen LogP contribution >= 0.6 is 11.6 Å². The van der Waals surface area contributed by atoms with E-state index >= 15 is 8.78 Å². The van der Waals surface area contributed by atoms with Crippen LogP contribution in [0.2, 0.25) is 5.02 Å². The Kier molecular flexibility index (Phi) is 9.23. The molecule has 7 rings (SSSR count). The van der Waals surface area contributed by atoms with Crippen molar-refractivity contribution < 1.29 is 27.9 Å². The van der Waals surface area contributed by atoms with Crippen molar-refractivity contribution in [3.05, 3.63) is 64.0 Å². The lowest BCUT2D eigenvalue weighted by Gasteiger charge is -2.39. The van der Waals surface area contributed by atoms with Crippen LogP contribution in [-0.4, -0.2) is 87.4 Å². The Bertz CT molecular complexity index is 2350. The zero-order valence-electron chi connectivity index (χ0n) is 28.7. The van der Waals surface area contributed by atoms with Crippen LogP contribution in [0.3, 0.4) is 0 Å². The molecule has 2 saturated heterocycles. The lowest BCUT2D eigenvalue weighted by molar-refractivity contribution is -0.122. The number of hydrogen-bond donors (Lipinski definition) is 4. The third-order valence-corrected chi connectivity index (χ3v) is 9.46. The number of anilines is 5. The fraction of sp³-hybridized carbons (Fsp3) is 0.324. The highest BCUT2D eigenvalue weighted by Crippen LogP contribution is 2.35. The van der Waals surface area contributed by atoms with E-state index in [-0.39, 0.29) is 66.9 Å². The normalized spacial score (nSPS) is 17.2. The molecule has 2 fully saturated rings. The Hall–Kier alpha value is -6.04. The van der Waals surface area contributed by atoms with Crippen molar-refractivity contribution in [2.75, 3.05) is 53.7 Å². The van der Waals surface area contributed by atoms with Crippen molar-refractivity contribution in [3.8, 4) is 5.75 Å². The number of fused-ring (bicyclic) bond motifs is 2. The number of ether oxygens (including phenoxy) is 1. The maximum absolute atomic E-state index is 15.7. The van der Waals surface area contributed by atoms with Crippen molar-refractivity contribution in [1.29, 1.82) is 0 Å². The number of pyridine rings is 1. The van der Waals surface area contributed by atoms with Crippen LogP contribution in [0.25, 0.3) is 21.8 Å². The van der Waals surface area contributed by atoms with E-state index in [0.29, 0.717) is 39.0 Å². The molecule has 0 saturated carbocycles. The highest BCUT2D eigenvalue weighted by atomic mass is 35.5. The Morgan fingerprint density at radius 3 is 2.62 bits per heavy atom. The molecule has 16 nitrogen and oxygen atoms in total. The molecule has 2 aromatic carbocycles. The molecule has 4 amide bonds. The predicted octanol–water partition coefficient (Wildman–Crippen LogP) is 3.51. The first-order chi connectivity index (χ1) is 25.3. The maximum atomic E-state index is 15.7. The second-order valence-corrected chi connectivity index (χ2v) is 13.1. The van der Waals surface area contributed by atoms with Gasteiger partial charge in [-0.05, 0) is 48.9 Å². The molecule has 0 bridgehead atoms. The van der Waals surface area contributed by atoms with Crippen LogP contribution in [0.5, 0.6) is 5.75 Å². The van der Waals surface area contributed by atoms with Gasteiger partial charge in [-0.15, -0.1) is 0 Å². The number of aryl methyl sites for hydroxylation is 2. The number of likely N-dealkylation sites (N-methyl/N-ethyl adjacent to an activating group) is 1. The van der Waals surface area contributed by atoms with E-state index in [1.165, 1.54) is 33.7 Å². The zero-order chi connectivity index (χ0) is 37.6. The third-order valence-electron chi connectivity index (χ3n) is 9.19. The van der Waals surface area contributed by atoms with Gasteiger partial charge in [0.25, 0.3) is 17.4 Å². The number of hydrogen-bond acceptors (Lipinski definition) is 11. The molecule has 5 heterocycles. The van der Waals surface area contributed by atoms with Gasteiger partial charge in [-0.25, -0.2) is 18.6 Å². The van der Waals surface area contributed by atoms with Gasteiger partial charge in [0.15, 0.2) is 24.0 Å². The minimum atomic E-state index is -3.19. The number of nitrogens with zero attached hydrogens (tertiary/aromatic N) is 7. The fourth-order valence-electron chi connectivity index (χ4n) is 6.37. The number of aromatic nitrogens is 5. The first kappa shape index (κ1) is 35.4. The number of rotatable bonds is 9. The summed E-state index contributed by atoms with van der Waals surface area (Å²) >= 11 is 6.43. The number of urea groups is 1. The predicted molar refractivity (Wildman–Crippen MR) is 194 cm³/mol. The largest absolute Gasteiger partial charge is 0.478 e. The molecule has 0 spiro atoms. The van der Waals surface area contributed by atoms with Crippen molar-refractivity contribution in [2.24, 2.45) is 14.1 Å². The summed E-state index contributed by atoms with van der Waals surface area (Å²) in [6.07, 6.45) is 1.55. The van der Waals surface area contributed by atoms with Gasteiger partial charge in [-0.2, -0.15) is 10.1 Å². The lowest BCUT2D eigenvalue weighted by Crippen LogP contribution is -2.55. The number of imide groups is 1. The zero-order valence-corrected chi connectivity index (χ0v) is 29.5. The quantitative estimate of drug-likeness (QED) is 0.173. The average molecular weight is 750 g/mol. The van der Waals surface area contributed by atoms with Crippen LogP contribution < -0.4 is 41.4 Å². The monoisotopic (exact) mass is 749 g/mol. The summed E-state index contributed by atoms with van der Waals surface area (Å²) in [6, 6.07) is 10.0. The number of nitrogens with one attached hydrogen (secondary N) is 4. The van der Waals surface area contributed by atoms with Crippen LogP contribution in [0, 0.1) is 0 Å². The smallest absolute Gasteiger partial charge is 0.329 e. The number of halogens is 3. The van der Waals surface area contributed by atoms with Gasteiger partial charge in [0.1, 0.15) is 5.02 Å². The van der Waals surface area contributed by atoms with E-state index < -0.39 is 30.1 Å². The van der Waals surface area contributed by atoms with Crippen molar-refractivity contribution >= 4 is 80.2 Å². The first-order valence-electron chi connectivity index (χ1n) is 16.6. The molecule has 19 heteroatoms. The van der Waals surface area contributed by atoms with E-state index in [4.69, 9.17) is 16.3 Å². The SMILES string of the molecule is CNC(=O)COc1cc2cc(Nc3nc(N4CCC(Nc5ccc6c(N7CCC(=O)NC7=O)nn(C)c6c5)C(F)(F)C4)ncc3Cl)ccc2n(C)c1=O. The van der Waals surface area contributed by atoms with E-state index in [1.807, 2.05) is 0 Å². The number of piperidine rings is 1. The molecule has 0 radical (unpaired) electrons. The van der Waals surface area contributed by atoms with Gasteiger partial charge >= 0.3 is 6.03 Å². The lowest BCUT2D eigenvalue weighted by atomic mass is 10.0. The highest BCUT2D eigenvalue weighted by molar-refractivity contribution is 6.33. The molecule has 276 valence electrons. The molecule has 1 atom stereocenters. The molecular weight excluding hydrogens is 716 g/mol. The van der Waals surface area contributed by atoms with Crippen LogP contribution in [0.4, 0.5) is 42.5 Å². The Morgan fingerprint density at radius 2 is 1.87 bits per heavy atom. The average Bonchev–Trinajstić information content (AvgIpc) is 3.45. The Balaban J connectivity index is 1.05. The van der Waals surface area contributed by atoms with Gasteiger partial charge in [-0.1, -0.05) is 11.6 Å². The molecule has 5 aromatic rings. The number of alkyl halides is 2. The summed E-state index contributed by atoms with van der Waals surface area (Å²) < 4.78 is 39.9.